The average Bonchev–Trinajstić information content (AvgIpc) is 2.30. The van der Waals surface area contributed by atoms with Gasteiger partial charge in [0.25, 0.3) is 10.2 Å². The zero-order valence-corrected chi connectivity index (χ0v) is 11.3. The maximum atomic E-state index is 12.3. The highest BCUT2D eigenvalue weighted by atomic mass is 32.2. The number of terminal acetylenes is 1. The van der Waals surface area contributed by atoms with Gasteiger partial charge in [0.1, 0.15) is 0 Å². The first-order valence-electron chi connectivity index (χ1n) is 5.85. The summed E-state index contributed by atoms with van der Waals surface area (Å²) in [4.78, 5) is 0. The second kappa shape index (κ2) is 6.36. The van der Waals surface area contributed by atoms with Crippen LogP contribution in [0, 0.1) is 12.3 Å². The number of nitrogens with one attached hydrogen (secondary N) is 1. The number of likely N-dealkylation sites (N-methyl/N-ethyl adjacent to an activating group) is 1. The Hall–Kier alpha value is -0.610. The van der Waals surface area contributed by atoms with Crippen molar-refractivity contribution in [2.75, 3.05) is 33.7 Å². The molecule has 0 radical (unpaired) electrons. The van der Waals surface area contributed by atoms with Gasteiger partial charge in [-0.3, -0.25) is 0 Å². The van der Waals surface area contributed by atoms with Gasteiger partial charge in [-0.1, -0.05) is 12.3 Å². The van der Waals surface area contributed by atoms with Gasteiger partial charge in [0.05, 0.1) is 6.54 Å². The van der Waals surface area contributed by atoms with Crippen molar-refractivity contribution in [2.45, 2.75) is 25.3 Å². The summed E-state index contributed by atoms with van der Waals surface area (Å²) in [6.45, 7) is 1.39. The topological polar surface area (TPSA) is 52.7 Å². The zero-order valence-electron chi connectivity index (χ0n) is 10.5. The molecule has 1 aliphatic heterocycles. The highest BCUT2D eigenvalue weighted by Gasteiger charge is 2.34. The molecule has 0 aromatic rings. The molecule has 1 aliphatic rings. The summed E-state index contributed by atoms with van der Waals surface area (Å²) in [7, 11) is -0.0455. The van der Waals surface area contributed by atoms with E-state index in [9.17, 15) is 8.42 Å². The largest absolute Gasteiger partial charge is 0.318 e. The second-order valence-corrected chi connectivity index (χ2v) is 6.27. The van der Waals surface area contributed by atoms with Crippen molar-refractivity contribution in [1.29, 1.82) is 0 Å². The van der Waals surface area contributed by atoms with Crippen LogP contribution >= 0.6 is 0 Å². The van der Waals surface area contributed by atoms with Crippen LogP contribution in [0.5, 0.6) is 0 Å². The van der Waals surface area contributed by atoms with Gasteiger partial charge in [0, 0.05) is 26.2 Å². The fourth-order valence-corrected chi connectivity index (χ4v) is 3.62. The van der Waals surface area contributed by atoms with Gasteiger partial charge in [0.2, 0.25) is 0 Å². The van der Waals surface area contributed by atoms with Crippen molar-refractivity contribution in [3.05, 3.63) is 0 Å². The Balaban J connectivity index is 2.83. The van der Waals surface area contributed by atoms with Crippen LogP contribution in [0.4, 0.5) is 0 Å². The van der Waals surface area contributed by atoms with Gasteiger partial charge in [-0.2, -0.15) is 17.0 Å². The number of rotatable bonds is 5. The van der Waals surface area contributed by atoms with E-state index in [0.717, 1.165) is 19.3 Å². The van der Waals surface area contributed by atoms with E-state index in [-0.39, 0.29) is 12.6 Å². The molecule has 1 atom stereocenters. The van der Waals surface area contributed by atoms with Crippen LogP contribution in [-0.2, 0) is 10.2 Å². The third kappa shape index (κ3) is 3.42. The minimum Gasteiger partial charge on any atom is -0.318 e. The van der Waals surface area contributed by atoms with Crippen molar-refractivity contribution in [1.82, 2.24) is 13.9 Å². The molecular weight excluding hydrogens is 238 g/mol. The van der Waals surface area contributed by atoms with E-state index in [4.69, 9.17) is 6.42 Å². The van der Waals surface area contributed by atoms with Crippen LogP contribution in [0.3, 0.4) is 0 Å². The van der Waals surface area contributed by atoms with Crippen molar-refractivity contribution in [3.63, 3.8) is 0 Å². The fraction of sp³-hybridized carbons (Fsp3) is 0.818. The Kier molecular flexibility index (Phi) is 5.40. The molecule has 1 saturated heterocycles. The molecule has 0 aliphatic carbocycles. The van der Waals surface area contributed by atoms with E-state index >= 15 is 0 Å². The summed E-state index contributed by atoms with van der Waals surface area (Å²) in [6.07, 6.45) is 8.07. The number of piperidine rings is 1. The summed E-state index contributed by atoms with van der Waals surface area (Å²) in [5.41, 5.74) is 0. The minimum atomic E-state index is -3.41. The van der Waals surface area contributed by atoms with Gasteiger partial charge in [-0.25, -0.2) is 0 Å². The van der Waals surface area contributed by atoms with E-state index < -0.39 is 10.2 Å². The van der Waals surface area contributed by atoms with Gasteiger partial charge < -0.3 is 5.32 Å². The van der Waals surface area contributed by atoms with E-state index in [1.165, 1.54) is 11.4 Å². The molecule has 0 spiro atoms. The lowest BCUT2D eigenvalue weighted by molar-refractivity contribution is 0.235. The van der Waals surface area contributed by atoms with Crippen molar-refractivity contribution < 1.29 is 8.42 Å². The molecule has 0 amide bonds. The predicted octanol–water partition coefficient (Wildman–Crippen LogP) is -0.130. The summed E-state index contributed by atoms with van der Waals surface area (Å²) in [6, 6.07) is 0.0407. The number of hydrogen-bond acceptors (Lipinski definition) is 3. The molecule has 6 heteroatoms. The maximum Gasteiger partial charge on any atom is 0.282 e. The van der Waals surface area contributed by atoms with Crippen molar-refractivity contribution in [3.8, 4) is 12.3 Å². The molecule has 1 unspecified atom stereocenters. The standard InChI is InChI=1S/C11H21N3O2S/c1-4-8-13(3)17(15,16)14-9-6-5-7-11(14)10-12-2/h1,11-12H,5-10H2,2-3H3. The molecule has 1 heterocycles. The first-order valence-corrected chi connectivity index (χ1v) is 7.25. The zero-order chi connectivity index (χ0) is 12.9. The molecule has 5 nitrogen and oxygen atoms in total. The van der Waals surface area contributed by atoms with Crippen LogP contribution in [0.2, 0.25) is 0 Å². The van der Waals surface area contributed by atoms with Crippen molar-refractivity contribution >= 4 is 10.2 Å². The molecule has 1 rings (SSSR count). The SMILES string of the molecule is C#CCN(C)S(=O)(=O)N1CCCCC1CNC. The summed E-state index contributed by atoms with van der Waals surface area (Å²) < 4.78 is 27.4. The second-order valence-electron chi connectivity index (χ2n) is 4.29. The van der Waals surface area contributed by atoms with Gasteiger partial charge >= 0.3 is 0 Å². The lowest BCUT2D eigenvalue weighted by atomic mass is 10.1. The smallest absolute Gasteiger partial charge is 0.282 e. The average molecular weight is 259 g/mol. The van der Waals surface area contributed by atoms with E-state index in [0.29, 0.717) is 13.1 Å². The third-order valence-electron chi connectivity index (χ3n) is 3.02. The third-order valence-corrected chi connectivity index (χ3v) is 5.01. The van der Waals surface area contributed by atoms with Gasteiger partial charge in [-0.05, 0) is 19.9 Å². The molecule has 0 saturated carbocycles. The lowest BCUT2D eigenvalue weighted by Gasteiger charge is -2.36. The molecule has 0 aromatic heterocycles. The molecule has 1 fully saturated rings. The van der Waals surface area contributed by atoms with Crippen LogP contribution in [0.1, 0.15) is 19.3 Å². The fourth-order valence-electron chi connectivity index (χ4n) is 2.11. The Morgan fingerprint density at radius 3 is 2.82 bits per heavy atom. The lowest BCUT2D eigenvalue weighted by Crippen LogP contribution is -2.52. The summed E-state index contributed by atoms with van der Waals surface area (Å²) >= 11 is 0. The number of nitrogens with zero attached hydrogens (tertiary/aromatic N) is 2. The Morgan fingerprint density at radius 1 is 1.53 bits per heavy atom. The normalized spacial score (nSPS) is 22.6. The molecule has 0 aromatic carbocycles. The molecule has 98 valence electrons. The highest BCUT2D eigenvalue weighted by molar-refractivity contribution is 7.86. The predicted molar refractivity (Wildman–Crippen MR) is 68.7 cm³/mol. The maximum absolute atomic E-state index is 12.3. The van der Waals surface area contributed by atoms with Crippen LogP contribution in [0.15, 0.2) is 0 Å². The van der Waals surface area contributed by atoms with Gasteiger partial charge in [-0.15, -0.1) is 6.42 Å². The van der Waals surface area contributed by atoms with Crippen LogP contribution in [0.25, 0.3) is 0 Å². The first-order chi connectivity index (χ1) is 8.04. The molecule has 1 N–H and O–H groups in total. The molecular formula is C11H21N3O2S. The minimum absolute atomic E-state index is 0.0407. The van der Waals surface area contributed by atoms with E-state index in [1.807, 2.05) is 7.05 Å². The van der Waals surface area contributed by atoms with E-state index in [1.54, 1.807) is 4.31 Å². The molecule has 0 bridgehead atoms. The Labute approximate surface area is 104 Å². The first kappa shape index (κ1) is 14.5. The number of hydrogen-bond donors (Lipinski definition) is 1. The van der Waals surface area contributed by atoms with E-state index in [2.05, 4.69) is 11.2 Å². The summed E-state index contributed by atoms with van der Waals surface area (Å²) in [5.74, 6) is 2.36. The molecule has 17 heavy (non-hydrogen) atoms. The summed E-state index contributed by atoms with van der Waals surface area (Å²) in [5, 5.41) is 3.05. The highest BCUT2D eigenvalue weighted by Crippen LogP contribution is 2.21. The van der Waals surface area contributed by atoms with Crippen molar-refractivity contribution in [2.24, 2.45) is 0 Å². The Morgan fingerprint density at radius 2 is 2.24 bits per heavy atom. The Bertz CT molecular complexity index is 373. The van der Waals surface area contributed by atoms with Gasteiger partial charge in [0.15, 0.2) is 0 Å². The monoisotopic (exact) mass is 259 g/mol. The van der Waals surface area contributed by atoms with Crippen LogP contribution < -0.4 is 5.32 Å². The quantitative estimate of drug-likeness (QED) is 0.700. The van der Waals surface area contributed by atoms with Crippen LogP contribution in [-0.4, -0.2) is 56.8 Å².